The Labute approximate surface area is 235 Å². The molecule has 0 aliphatic heterocycles. The fourth-order valence-corrected chi connectivity index (χ4v) is 3.65. The van der Waals surface area contributed by atoms with Crippen molar-refractivity contribution in [3.8, 4) is 11.5 Å². The summed E-state index contributed by atoms with van der Waals surface area (Å²) in [5.74, 6) is -1.56. The fourth-order valence-electron chi connectivity index (χ4n) is 3.65. The predicted molar refractivity (Wildman–Crippen MR) is 139 cm³/mol. The van der Waals surface area contributed by atoms with Crippen molar-refractivity contribution in [2.45, 2.75) is 90.9 Å². The van der Waals surface area contributed by atoms with Crippen molar-refractivity contribution in [3.63, 3.8) is 0 Å². The van der Waals surface area contributed by atoms with E-state index < -0.39 is 11.9 Å². The molecule has 0 heterocycles. The Bertz CT molecular complexity index is 799. The second kappa shape index (κ2) is 22.8. The summed E-state index contributed by atoms with van der Waals surface area (Å²) < 4.78 is 11.0. The monoisotopic (exact) mass is 562 g/mol. The molecule has 0 fully saturated rings. The third-order valence-corrected chi connectivity index (χ3v) is 5.72. The SMILES string of the molecule is CCCCCCCCOc1ccccc1C(=O)[O-].CCCCCCCCOc1ccccc1C(=O)[O-].[Zn+2]. The molecule has 0 aromatic heterocycles. The van der Waals surface area contributed by atoms with E-state index in [-0.39, 0.29) is 30.6 Å². The Morgan fingerprint density at radius 1 is 0.568 bits per heavy atom. The number of hydrogen-bond donors (Lipinski definition) is 0. The van der Waals surface area contributed by atoms with Crippen LogP contribution in [0.5, 0.6) is 11.5 Å². The molecule has 0 bridgehead atoms. The molecule has 0 radical (unpaired) electrons. The maximum Gasteiger partial charge on any atom is 2.00 e. The largest absolute Gasteiger partial charge is 2.00 e. The van der Waals surface area contributed by atoms with Crippen LogP contribution in [-0.4, -0.2) is 25.2 Å². The van der Waals surface area contributed by atoms with Crippen LogP contribution < -0.4 is 19.7 Å². The summed E-state index contributed by atoms with van der Waals surface area (Å²) in [4.78, 5) is 21.7. The van der Waals surface area contributed by atoms with Gasteiger partial charge in [-0.1, -0.05) is 102 Å². The fraction of sp³-hybridized carbons (Fsp3) is 0.533. The summed E-state index contributed by atoms with van der Waals surface area (Å²) in [5.41, 5.74) is 0.256. The molecule has 0 unspecified atom stereocenters. The average molecular weight is 564 g/mol. The van der Waals surface area contributed by atoms with Gasteiger partial charge in [-0.25, -0.2) is 0 Å². The van der Waals surface area contributed by atoms with Crippen molar-refractivity contribution in [2.24, 2.45) is 0 Å². The second-order valence-corrected chi connectivity index (χ2v) is 8.80. The normalized spacial score (nSPS) is 10.0. The van der Waals surface area contributed by atoms with Gasteiger partial charge in [0.2, 0.25) is 0 Å². The Kier molecular flexibility index (Phi) is 21.3. The Hall–Kier alpha value is -2.40. The quantitative estimate of drug-likeness (QED) is 0.173. The predicted octanol–water partition coefficient (Wildman–Crippen LogP) is 5.58. The smallest absolute Gasteiger partial charge is 0.545 e. The molecule has 0 amide bonds. The minimum Gasteiger partial charge on any atom is -0.545 e. The summed E-state index contributed by atoms with van der Waals surface area (Å²) in [7, 11) is 0. The van der Waals surface area contributed by atoms with E-state index in [0.29, 0.717) is 24.7 Å². The van der Waals surface area contributed by atoms with E-state index in [1.54, 1.807) is 36.4 Å². The van der Waals surface area contributed by atoms with Crippen LogP contribution in [0.25, 0.3) is 0 Å². The van der Waals surface area contributed by atoms with Crippen LogP contribution in [0.3, 0.4) is 0 Å². The van der Waals surface area contributed by atoms with Crippen molar-refractivity contribution >= 4 is 11.9 Å². The topological polar surface area (TPSA) is 98.7 Å². The summed E-state index contributed by atoms with van der Waals surface area (Å²) in [5, 5.41) is 21.7. The van der Waals surface area contributed by atoms with E-state index in [9.17, 15) is 19.8 Å². The van der Waals surface area contributed by atoms with Crippen molar-refractivity contribution in [3.05, 3.63) is 59.7 Å². The van der Waals surface area contributed by atoms with E-state index in [1.807, 2.05) is 0 Å². The maximum atomic E-state index is 10.8. The summed E-state index contributed by atoms with van der Waals surface area (Å²) in [6, 6.07) is 13.2. The molecule has 200 valence electrons. The molecule has 0 N–H and O–H groups in total. The number of carbonyl (C=O) groups is 2. The molecular formula is C30H42O6Zn. The van der Waals surface area contributed by atoms with Gasteiger partial charge in [-0.15, -0.1) is 0 Å². The third-order valence-electron chi connectivity index (χ3n) is 5.72. The van der Waals surface area contributed by atoms with Crippen LogP contribution in [0.2, 0.25) is 0 Å². The van der Waals surface area contributed by atoms with Crippen LogP contribution in [0.4, 0.5) is 0 Å². The molecule has 6 nitrogen and oxygen atoms in total. The zero-order chi connectivity index (χ0) is 26.4. The standard InChI is InChI=1S/2C15H22O3.Zn/c2*1-2-3-4-5-6-9-12-18-14-11-8-7-10-13(14)15(16)17;/h2*7-8,10-11H,2-6,9,12H2,1H3,(H,16,17);/q;;+2/p-2. The number of hydrogen-bond acceptors (Lipinski definition) is 6. The van der Waals surface area contributed by atoms with Gasteiger partial charge in [0.15, 0.2) is 0 Å². The molecule has 2 aromatic rings. The van der Waals surface area contributed by atoms with Crippen molar-refractivity contribution < 1.29 is 48.8 Å². The summed E-state index contributed by atoms with van der Waals surface area (Å²) in [6.45, 7) is 5.52. The van der Waals surface area contributed by atoms with Gasteiger partial charge in [0, 0.05) is 11.1 Å². The Morgan fingerprint density at radius 3 is 1.24 bits per heavy atom. The number of aromatic carboxylic acids is 2. The van der Waals surface area contributed by atoms with Gasteiger partial charge < -0.3 is 29.3 Å². The molecule has 2 aromatic carbocycles. The number of carbonyl (C=O) groups excluding carboxylic acids is 2. The number of carboxylic acid groups (broad SMARTS) is 2. The molecule has 0 saturated carbocycles. The number of rotatable bonds is 18. The Balaban J connectivity index is 0.000000682. The second-order valence-electron chi connectivity index (χ2n) is 8.80. The molecule has 37 heavy (non-hydrogen) atoms. The molecule has 0 aliphatic carbocycles. The van der Waals surface area contributed by atoms with Crippen LogP contribution in [0.15, 0.2) is 48.5 Å². The molecule has 0 spiro atoms. The average Bonchev–Trinajstić information content (AvgIpc) is 2.88. The van der Waals surface area contributed by atoms with E-state index in [4.69, 9.17) is 9.47 Å². The van der Waals surface area contributed by atoms with E-state index in [0.717, 1.165) is 25.7 Å². The van der Waals surface area contributed by atoms with Gasteiger partial charge >= 0.3 is 19.5 Å². The summed E-state index contributed by atoms with van der Waals surface area (Å²) >= 11 is 0. The third kappa shape index (κ3) is 16.1. The van der Waals surface area contributed by atoms with Crippen LogP contribution in [-0.2, 0) is 19.5 Å². The first-order chi connectivity index (χ1) is 17.5. The van der Waals surface area contributed by atoms with Crippen molar-refractivity contribution in [1.29, 1.82) is 0 Å². The first-order valence-corrected chi connectivity index (χ1v) is 13.4. The van der Waals surface area contributed by atoms with Crippen LogP contribution >= 0.6 is 0 Å². The molecule has 2 rings (SSSR count). The van der Waals surface area contributed by atoms with Crippen LogP contribution in [0.1, 0.15) is 112 Å². The Morgan fingerprint density at radius 2 is 0.892 bits per heavy atom. The number of para-hydroxylation sites is 2. The zero-order valence-corrected chi connectivity index (χ0v) is 25.6. The minimum atomic E-state index is -1.19. The van der Waals surface area contributed by atoms with E-state index in [1.165, 1.54) is 63.5 Å². The first kappa shape index (κ1) is 34.6. The van der Waals surface area contributed by atoms with Gasteiger partial charge in [0.05, 0.1) is 25.2 Å². The number of carboxylic acids is 2. The number of ether oxygens (including phenoxy) is 2. The molecule has 0 saturated heterocycles. The number of benzene rings is 2. The van der Waals surface area contributed by atoms with E-state index >= 15 is 0 Å². The van der Waals surface area contributed by atoms with E-state index in [2.05, 4.69) is 13.8 Å². The zero-order valence-electron chi connectivity index (χ0n) is 22.7. The van der Waals surface area contributed by atoms with Gasteiger partial charge in [-0.2, -0.15) is 0 Å². The van der Waals surface area contributed by atoms with Gasteiger partial charge in [0.25, 0.3) is 0 Å². The van der Waals surface area contributed by atoms with Gasteiger partial charge in [0.1, 0.15) is 11.5 Å². The molecule has 0 aliphatic rings. The van der Waals surface area contributed by atoms with Crippen molar-refractivity contribution in [1.82, 2.24) is 0 Å². The summed E-state index contributed by atoms with van der Waals surface area (Å²) in [6.07, 6.45) is 14.2. The molecule has 0 atom stereocenters. The first-order valence-electron chi connectivity index (χ1n) is 13.4. The number of unbranched alkanes of at least 4 members (excludes halogenated alkanes) is 10. The minimum absolute atomic E-state index is 0. The molecule has 7 heteroatoms. The molecular weight excluding hydrogens is 522 g/mol. The van der Waals surface area contributed by atoms with Crippen molar-refractivity contribution in [2.75, 3.05) is 13.2 Å². The van der Waals surface area contributed by atoms with Gasteiger partial charge in [-0.3, -0.25) is 0 Å². The maximum absolute atomic E-state index is 10.8. The van der Waals surface area contributed by atoms with Crippen LogP contribution in [0, 0.1) is 0 Å². The van der Waals surface area contributed by atoms with Gasteiger partial charge in [-0.05, 0) is 37.1 Å².